The normalized spacial score (nSPS) is 15.1. The predicted octanol–water partition coefficient (Wildman–Crippen LogP) is 4.05. The van der Waals surface area contributed by atoms with E-state index in [0.29, 0.717) is 18.5 Å². The van der Waals surface area contributed by atoms with E-state index in [1.54, 1.807) is 13.0 Å². The third-order valence-electron chi connectivity index (χ3n) is 5.12. The minimum Gasteiger partial charge on any atom is -0.308 e. The fourth-order valence-electron chi connectivity index (χ4n) is 3.51. The van der Waals surface area contributed by atoms with Gasteiger partial charge in [0, 0.05) is 24.0 Å². The molecule has 1 fully saturated rings. The smallest absolute Gasteiger partial charge is 0.237 e. The Hall–Kier alpha value is -3.16. The van der Waals surface area contributed by atoms with Crippen LogP contribution in [0.1, 0.15) is 30.7 Å². The summed E-state index contributed by atoms with van der Waals surface area (Å²) < 4.78 is 42.7. The summed E-state index contributed by atoms with van der Waals surface area (Å²) in [5.41, 5.74) is -0.301. The van der Waals surface area contributed by atoms with Crippen molar-refractivity contribution in [2.45, 2.75) is 31.6 Å². The van der Waals surface area contributed by atoms with Crippen molar-refractivity contribution in [3.8, 4) is 5.69 Å². The Kier molecular flexibility index (Phi) is 4.41. The van der Waals surface area contributed by atoms with Crippen molar-refractivity contribution in [3.05, 3.63) is 71.4 Å². The van der Waals surface area contributed by atoms with Gasteiger partial charge in [-0.1, -0.05) is 6.42 Å². The number of hydrogen-bond donors (Lipinski definition) is 1. The number of rotatable bonds is 4. The molecule has 8 heteroatoms. The Balaban J connectivity index is 1.63. The molecule has 4 rings (SSSR count). The number of nitrogens with zero attached hydrogens (tertiary/aromatic N) is 3. The standard InChI is InChI=1S/C20H17F3N4O/c1-12-10-17(26-27(12)16-6-5-13(21)11-15(16)23)25-19(28)20(7-3-8-20)18-14(22)4-2-9-24-18/h2,4-6,9-11H,3,7-8H2,1H3,(H,25,26,28). The average molecular weight is 386 g/mol. The van der Waals surface area contributed by atoms with E-state index < -0.39 is 28.8 Å². The molecule has 0 saturated heterocycles. The van der Waals surface area contributed by atoms with Crippen molar-refractivity contribution in [2.75, 3.05) is 5.32 Å². The molecule has 28 heavy (non-hydrogen) atoms. The molecular weight excluding hydrogens is 369 g/mol. The van der Waals surface area contributed by atoms with Crippen LogP contribution in [-0.2, 0) is 10.2 Å². The second-order valence-corrected chi connectivity index (χ2v) is 6.90. The van der Waals surface area contributed by atoms with Gasteiger partial charge in [-0.3, -0.25) is 9.78 Å². The van der Waals surface area contributed by atoms with Gasteiger partial charge in [0.1, 0.15) is 17.3 Å². The lowest BCUT2D eigenvalue weighted by Gasteiger charge is -2.39. The van der Waals surface area contributed by atoms with Crippen molar-refractivity contribution in [1.82, 2.24) is 14.8 Å². The van der Waals surface area contributed by atoms with Crippen LogP contribution in [0.5, 0.6) is 0 Å². The van der Waals surface area contributed by atoms with Crippen LogP contribution in [0.2, 0.25) is 0 Å². The van der Waals surface area contributed by atoms with Crippen molar-refractivity contribution in [1.29, 1.82) is 0 Å². The average Bonchev–Trinajstić information content (AvgIpc) is 2.95. The summed E-state index contributed by atoms with van der Waals surface area (Å²) in [5.74, 6) is -2.18. The Morgan fingerprint density at radius 3 is 2.57 bits per heavy atom. The van der Waals surface area contributed by atoms with Crippen LogP contribution < -0.4 is 5.32 Å². The van der Waals surface area contributed by atoms with Crippen molar-refractivity contribution >= 4 is 11.7 Å². The second-order valence-electron chi connectivity index (χ2n) is 6.90. The molecule has 0 spiro atoms. The topological polar surface area (TPSA) is 59.8 Å². The number of nitrogens with one attached hydrogen (secondary N) is 1. The van der Waals surface area contributed by atoms with Crippen LogP contribution in [0.4, 0.5) is 19.0 Å². The summed E-state index contributed by atoms with van der Waals surface area (Å²) in [6.45, 7) is 1.68. The molecule has 1 amide bonds. The number of hydrogen-bond acceptors (Lipinski definition) is 3. The van der Waals surface area contributed by atoms with E-state index in [2.05, 4.69) is 15.4 Å². The van der Waals surface area contributed by atoms with E-state index in [4.69, 9.17) is 0 Å². The summed E-state index contributed by atoms with van der Waals surface area (Å²) in [7, 11) is 0. The van der Waals surface area contributed by atoms with Gasteiger partial charge in [-0.2, -0.15) is 0 Å². The summed E-state index contributed by atoms with van der Waals surface area (Å²) in [5, 5.41) is 6.90. The van der Waals surface area contributed by atoms with E-state index >= 15 is 0 Å². The fraction of sp³-hybridized carbons (Fsp3) is 0.250. The lowest BCUT2D eigenvalue weighted by Crippen LogP contribution is -2.47. The molecule has 2 heterocycles. The molecule has 1 saturated carbocycles. The van der Waals surface area contributed by atoms with Crippen LogP contribution in [0.3, 0.4) is 0 Å². The van der Waals surface area contributed by atoms with Crippen LogP contribution >= 0.6 is 0 Å². The summed E-state index contributed by atoms with van der Waals surface area (Å²) in [6.07, 6.45) is 3.22. The van der Waals surface area contributed by atoms with Gasteiger partial charge < -0.3 is 5.32 Å². The zero-order chi connectivity index (χ0) is 19.9. The maximum absolute atomic E-state index is 14.2. The second kappa shape index (κ2) is 6.78. The molecule has 1 aromatic carbocycles. The Labute approximate surface area is 159 Å². The number of amides is 1. The lowest BCUT2D eigenvalue weighted by atomic mass is 9.65. The largest absolute Gasteiger partial charge is 0.308 e. The number of aryl methyl sites for hydroxylation is 1. The van der Waals surface area contributed by atoms with Crippen LogP contribution in [0, 0.1) is 24.4 Å². The first-order valence-corrected chi connectivity index (χ1v) is 8.85. The molecule has 0 radical (unpaired) electrons. The number of halogens is 3. The van der Waals surface area contributed by atoms with E-state index in [1.807, 2.05) is 0 Å². The SMILES string of the molecule is Cc1cc(NC(=O)C2(c3ncccc3F)CCC2)nn1-c1ccc(F)cc1F. The first-order chi connectivity index (χ1) is 13.4. The van der Waals surface area contributed by atoms with Crippen LogP contribution in [0.25, 0.3) is 5.69 Å². The van der Waals surface area contributed by atoms with Gasteiger partial charge in [0.15, 0.2) is 11.6 Å². The van der Waals surface area contributed by atoms with E-state index in [-0.39, 0.29) is 17.2 Å². The number of carbonyl (C=O) groups is 1. The predicted molar refractivity (Wildman–Crippen MR) is 96.6 cm³/mol. The molecule has 144 valence electrons. The van der Waals surface area contributed by atoms with E-state index in [1.165, 1.54) is 29.1 Å². The molecule has 0 atom stereocenters. The lowest BCUT2D eigenvalue weighted by molar-refractivity contribution is -0.124. The zero-order valence-electron chi connectivity index (χ0n) is 15.0. The van der Waals surface area contributed by atoms with Crippen molar-refractivity contribution in [3.63, 3.8) is 0 Å². The maximum atomic E-state index is 14.2. The molecule has 1 aliphatic carbocycles. The third-order valence-corrected chi connectivity index (χ3v) is 5.12. The minimum atomic E-state index is -1.04. The first-order valence-electron chi connectivity index (χ1n) is 8.85. The number of benzene rings is 1. The summed E-state index contributed by atoms with van der Waals surface area (Å²) in [6, 6.07) is 7.50. The number of anilines is 1. The molecule has 1 N–H and O–H groups in total. The zero-order valence-corrected chi connectivity index (χ0v) is 15.0. The van der Waals surface area contributed by atoms with Gasteiger partial charge in [-0.15, -0.1) is 5.10 Å². The van der Waals surface area contributed by atoms with Gasteiger partial charge >= 0.3 is 0 Å². The molecule has 2 aromatic heterocycles. The molecular formula is C20H17F3N4O. The summed E-state index contributed by atoms with van der Waals surface area (Å²) in [4.78, 5) is 17.0. The van der Waals surface area contributed by atoms with Crippen LogP contribution in [0.15, 0.2) is 42.6 Å². The highest BCUT2D eigenvalue weighted by Gasteiger charge is 2.48. The Bertz CT molecular complexity index is 1060. The molecule has 0 aliphatic heterocycles. The number of pyridine rings is 1. The van der Waals surface area contributed by atoms with Gasteiger partial charge in [0.05, 0.1) is 11.1 Å². The summed E-state index contributed by atoms with van der Waals surface area (Å²) >= 11 is 0. The fourth-order valence-corrected chi connectivity index (χ4v) is 3.51. The van der Waals surface area contributed by atoms with Gasteiger partial charge in [0.25, 0.3) is 0 Å². The monoisotopic (exact) mass is 386 g/mol. The molecule has 5 nitrogen and oxygen atoms in total. The first kappa shape index (κ1) is 18.2. The molecule has 0 unspecified atom stereocenters. The van der Waals surface area contributed by atoms with Crippen molar-refractivity contribution < 1.29 is 18.0 Å². The Morgan fingerprint density at radius 2 is 1.93 bits per heavy atom. The molecule has 3 aromatic rings. The van der Waals surface area contributed by atoms with E-state index in [9.17, 15) is 18.0 Å². The Morgan fingerprint density at radius 1 is 1.14 bits per heavy atom. The maximum Gasteiger partial charge on any atom is 0.237 e. The van der Waals surface area contributed by atoms with Gasteiger partial charge in [0.2, 0.25) is 5.91 Å². The quantitative estimate of drug-likeness (QED) is 0.736. The van der Waals surface area contributed by atoms with E-state index in [0.717, 1.165) is 18.6 Å². The highest BCUT2D eigenvalue weighted by Crippen LogP contribution is 2.44. The van der Waals surface area contributed by atoms with Gasteiger partial charge in [-0.05, 0) is 44.0 Å². The highest BCUT2D eigenvalue weighted by atomic mass is 19.1. The number of carbonyl (C=O) groups excluding carboxylic acids is 1. The molecule has 0 bridgehead atoms. The van der Waals surface area contributed by atoms with Crippen molar-refractivity contribution in [2.24, 2.45) is 0 Å². The highest BCUT2D eigenvalue weighted by molar-refractivity contribution is 5.99. The van der Waals surface area contributed by atoms with Crippen LogP contribution in [-0.4, -0.2) is 20.7 Å². The third kappa shape index (κ3) is 2.94. The minimum absolute atomic E-state index is 0.0635. The molecule has 1 aliphatic rings. The van der Waals surface area contributed by atoms with Gasteiger partial charge in [-0.25, -0.2) is 17.9 Å². The number of aromatic nitrogens is 3.